The molecule has 4 rings (SSSR count). The maximum absolute atomic E-state index is 13.3. The van der Waals surface area contributed by atoms with Crippen LogP contribution in [-0.4, -0.2) is 28.0 Å². The van der Waals surface area contributed by atoms with Gasteiger partial charge in [0.1, 0.15) is 23.5 Å². The molecule has 1 atom stereocenters. The Labute approximate surface area is 165 Å². The van der Waals surface area contributed by atoms with Gasteiger partial charge in [0, 0.05) is 12.6 Å². The Morgan fingerprint density at radius 3 is 2.66 bits per heavy atom. The normalized spacial score (nSPS) is 15.6. The highest BCUT2D eigenvalue weighted by Crippen LogP contribution is 2.28. The van der Waals surface area contributed by atoms with Crippen LogP contribution in [0.1, 0.15) is 33.4 Å². The second kappa shape index (κ2) is 7.96. The highest BCUT2D eigenvalue weighted by Gasteiger charge is 2.27. The lowest BCUT2D eigenvalue weighted by Gasteiger charge is -2.24. The van der Waals surface area contributed by atoms with E-state index in [0.717, 1.165) is 29.5 Å². The Morgan fingerprint density at radius 1 is 1.24 bits per heavy atom. The minimum absolute atomic E-state index is 0.0326. The molecule has 0 radical (unpaired) electrons. The number of ether oxygens (including phenoxy) is 2. The minimum Gasteiger partial charge on any atom is -0.497 e. The largest absolute Gasteiger partial charge is 0.497 e. The fraction of sp³-hybridized carbons (Fsp3) is 0.250. The second-order valence-electron chi connectivity index (χ2n) is 6.60. The first-order valence-electron chi connectivity index (χ1n) is 8.94. The molecule has 1 N–H and O–H groups in total. The summed E-state index contributed by atoms with van der Waals surface area (Å²) in [5.74, 6) is -1.13. The minimum atomic E-state index is -0.701. The average Bonchev–Trinajstić information content (AvgIpc) is 3.15. The van der Waals surface area contributed by atoms with Crippen LogP contribution in [0.5, 0.6) is 5.75 Å². The molecule has 29 heavy (non-hydrogen) atoms. The molecule has 0 aliphatic carbocycles. The molecule has 0 saturated heterocycles. The van der Waals surface area contributed by atoms with Crippen molar-refractivity contribution in [3.05, 3.63) is 76.6 Å². The van der Waals surface area contributed by atoms with E-state index >= 15 is 0 Å². The van der Waals surface area contributed by atoms with Crippen molar-refractivity contribution in [3.63, 3.8) is 0 Å². The summed E-state index contributed by atoms with van der Waals surface area (Å²) in [7, 11) is 1.60. The Balaban J connectivity index is 1.43. The number of benzene rings is 2. The number of fused-ring (bicyclic) bond motifs is 1. The average molecular weight is 400 g/mol. The summed E-state index contributed by atoms with van der Waals surface area (Å²) in [6.45, 7) is 0.549. The summed E-state index contributed by atoms with van der Waals surface area (Å²) < 4.78 is 39.2. The molecule has 1 amide bonds. The Morgan fingerprint density at radius 2 is 1.97 bits per heavy atom. The number of hydrogen-bond acceptors (Lipinski definition) is 5. The highest BCUT2D eigenvalue weighted by molar-refractivity contribution is 5.93. The molecule has 1 aromatic heterocycles. The van der Waals surface area contributed by atoms with Crippen LogP contribution in [0.4, 0.5) is 8.78 Å². The fourth-order valence-electron chi connectivity index (χ4n) is 3.19. The van der Waals surface area contributed by atoms with E-state index in [0.29, 0.717) is 17.8 Å². The van der Waals surface area contributed by atoms with Crippen molar-refractivity contribution in [3.8, 4) is 5.75 Å². The van der Waals surface area contributed by atoms with Crippen molar-refractivity contribution in [2.24, 2.45) is 0 Å². The Kier molecular flexibility index (Phi) is 5.22. The number of nitrogens with zero attached hydrogens (tertiary/aromatic N) is 3. The number of halogens is 2. The molecule has 0 fully saturated rings. The van der Waals surface area contributed by atoms with Crippen molar-refractivity contribution in [2.45, 2.75) is 25.8 Å². The summed E-state index contributed by atoms with van der Waals surface area (Å²) in [4.78, 5) is 12.5. The summed E-state index contributed by atoms with van der Waals surface area (Å²) in [6, 6.07) is 10.6. The first kappa shape index (κ1) is 19.0. The van der Waals surface area contributed by atoms with Crippen molar-refractivity contribution in [1.82, 2.24) is 20.3 Å². The molecular weight excluding hydrogens is 382 g/mol. The molecule has 7 nitrogen and oxygen atoms in total. The van der Waals surface area contributed by atoms with Gasteiger partial charge in [-0.05, 0) is 35.4 Å². The predicted octanol–water partition coefficient (Wildman–Crippen LogP) is 2.77. The molecule has 0 spiro atoms. The molecular formula is C20H18F2N4O3. The lowest BCUT2D eigenvalue weighted by molar-refractivity contribution is -0.00179. The quantitative estimate of drug-likeness (QED) is 0.713. The number of carbonyl (C=O) groups is 1. The number of rotatable bonds is 5. The van der Waals surface area contributed by atoms with E-state index in [-0.39, 0.29) is 24.9 Å². The van der Waals surface area contributed by atoms with Gasteiger partial charge in [-0.25, -0.2) is 13.5 Å². The molecule has 0 saturated carbocycles. The van der Waals surface area contributed by atoms with Crippen LogP contribution in [0, 0.1) is 11.6 Å². The van der Waals surface area contributed by atoms with Crippen LogP contribution in [0.3, 0.4) is 0 Å². The zero-order chi connectivity index (χ0) is 20.4. The SMILES string of the molecule is COc1ccc([C@H]2Cn3nnc(C(=O)NCc4cc(F)cc(F)c4)c3CO2)cc1. The van der Waals surface area contributed by atoms with Crippen LogP contribution in [0.2, 0.25) is 0 Å². The lowest BCUT2D eigenvalue weighted by Crippen LogP contribution is -2.27. The van der Waals surface area contributed by atoms with E-state index in [2.05, 4.69) is 15.6 Å². The monoisotopic (exact) mass is 400 g/mol. The fourth-order valence-corrected chi connectivity index (χ4v) is 3.19. The zero-order valence-corrected chi connectivity index (χ0v) is 15.6. The molecule has 150 valence electrons. The van der Waals surface area contributed by atoms with E-state index in [9.17, 15) is 13.6 Å². The van der Waals surface area contributed by atoms with Crippen LogP contribution >= 0.6 is 0 Å². The van der Waals surface area contributed by atoms with Gasteiger partial charge in [0.25, 0.3) is 5.91 Å². The van der Waals surface area contributed by atoms with Crippen molar-refractivity contribution >= 4 is 5.91 Å². The molecule has 3 aromatic rings. The number of hydrogen-bond donors (Lipinski definition) is 1. The number of methoxy groups -OCH3 is 1. The number of amides is 1. The topological polar surface area (TPSA) is 78.3 Å². The molecule has 1 aliphatic heterocycles. The highest BCUT2D eigenvalue weighted by atomic mass is 19.1. The third-order valence-electron chi connectivity index (χ3n) is 4.68. The van der Waals surface area contributed by atoms with Gasteiger partial charge in [-0.2, -0.15) is 0 Å². The molecule has 1 aliphatic rings. The predicted molar refractivity (Wildman–Crippen MR) is 98.1 cm³/mol. The standard InChI is InChI=1S/C20H18F2N4O3/c1-28-16-4-2-13(3-5-16)18-10-26-17(11-29-18)19(24-25-26)20(27)23-9-12-6-14(21)8-15(22)7-12/h2-8,18H,9-11H2,1H3,(H,23,27)/t18-/m1/s1. The number of nitrogens with one attached hydrogen (secondary N) is 1. The van der Waals surface area contributed by atoms with Crippen molar-refractivity contribution < 1.29 is 23.0 Å². The van der Waals surface area contributed by atoms with Gasteiger partial charge in [0.05, 0.1) is 26.0 Å². The maximum Gasteiger partial charge on any atom is 0.274 e. The van der Waals surface area contributed by atoms with Gasteiger partial charge in [0.15, 0.2) is 5.69 Å². The van der Waals surface area contributed by atoms with Gasteiger partial charge in [-0.1, -0.05) is 17.3 Å². The van der Waals surface area contributed by atoms with E-state index in [1.165, 1.54) is 0 Å². The van der Waals surface area contributed by atoms with Crippen LogP contribution in [-0.2, 0) is 24.4 Å². The summed E-state index contributed by atoms with van der Waals surface area (Å²) in [5.41, 5.74) is 1.96. The third kappa shape index (κ3) is 4.09. The van der Waals surface area contributed by atoms with Gasteiger partial charge >= 0.3 is 0 Å². The van der Waals surface area contributed by atoms with Crippen LogP contribution < -0.4 is 10.1 Å². The van der Waals surface area contributed by atoms with Gasteiger partial charge in [-0.15, -0.1) is 5.10 Å². The molecule has 2 heterocycles. The van der Waals surface area contributed by atoms with Gasteiger partial charge < -0.3 is 14.8 Å². The molecule has 9 heteroatoms. The van der Waals surface area contributed by atoms with Crippen molar-refractivity contribution in [1.29, 1.82) is 0 Å². The van der Waals surface area contributed by atoms with E-state index in [1.54, 1.807) is 11.8 Å². The lowest BCUT2D eigenvalue weighted by atomic mass is 10.1. The van der Waals surface area contributed by atoms with Gasteiger partial charge in [-0.3, -0.25) is 4.79 Å². The summed E-state index contributed by atoms with van der Waals surface area (Å²) >= 11 is 0. The summed E-state index contributed by atoms with van der Waals surface area (Å²) in [6.07, 6.45) is -0.221. The zero-order valence-electron chi connectivity index (χ0n) is 15.6. The van der Waals surface area contributed by atoms with E-state index < -0.39 is 17.5 Å². The Hall–Kier alpha value is -3.33. The summed E-state index contributed by atoms with van der Waals surface area (Å²) in [5, 5.41) is 10.6. The number of aromatic nitrogens is 3. The second-order valence-corrected chi connectivity index (χ2v) is 6.60. The number of carbonyl (C=O) groups excluding carboxylic acids is 1. The third-order valence-corrected chi connectivity index (χ3v) is 4.68. The molecule has 2 aromatic carbocycles. The Bertz CT molecular complexity index is 1020. The van der Waals surface area contributed by atoms with E-state index in [1.807, 2.05) is 24.3 Å². The van der Waals surface area contributed by atoms with Crippen LogP contribution in [0.25, 0.3) is 0 Å². The maximum atomic E-state index is 13.3. The molecule has 0 bridgehead atoms. The van der Waals surface area contributed by atoms with Gasteiger partial charge in [0.2, 0.25) is 0 Å². The van der Waals surface area contributed by atoms with Crippen LogP contribution in [0.15, 0.2) is 42.5 Å². The van der Waals surface area contributed by atoms with Crippen molar-refractivity contribution in [2.75, 3.05) is 7.11 Å². The first-order valence-corrected chi connectivity index (χ1v) is 8.94. The molecule has 0 unspecified atom stereocenters. The smallest absolute Gasteiger partial charge is 0.274 e. The first-order chi connectivity index (χ1) is 14.0. The van der Waals surface area contributed by atoms with E-state index in [4.69, 9.17) is 9.47 Å².